The fourth-order valence-corrected chi connectivity index (χ4v) is 3.46. The minimum atomic E-state index is 0.406. The third kappa shape index (κ3) is 3.75. The fourth-order valence-electron chi connectivity index (χ4n) is 3.10. The Kier molecular flexibility index (Phi) is 5.12. The maximum absolute atomic E-state index is 6.52. The van der Waals surface area contributed by atoms with Crippen LogP contribution >= 0.6 is 11.6 Å². The van der Waals surface area contributed by atoms with Gasteiger partial charge in [-0.3, -0.25) is 0 Å². The van der Waals surface area contributed by atoms with Crippen LogP contribution in [0.1, 0.15) is 57.4 Å². The van der Waals surface area contributed by atoms with Crippen molar-refractivity contribution < 1.29 is 0 Å². The maximum Gasteiger partial charge on any atom is 0.0364 e. The molecule has 1 heteroatoms. The Hall–Kier alpha value is -0.490. The minimum absolute atomic E-state index is 0.406. The number of alkyl halides is 1. The predicted molar refractivity (Wildman–Crippen MR) is 80.2 cm³/mol. The number of halogens is 1. The van der Waals surface area contributed by atoms with Crippen LogP contribution in [-0.4, -0.2) is 5.38 Å². The quantitative estimate of drug-likeness (QED) is 0.620. The van der Waals surface area contributed by atoms with Crippen molar-refractivity contribution >= 4 is 11.6 Å². The van der Waals surface area contributed by atoms with Gasteiger partial charge in [-0.1, -0.05) is 50.6 Å². The van der Waals surface area contributed by atoms with Crippen LogP contribution in [0.2, 0.25) is 0 Å². The molecule has 0 saturated heterocycles. The van der Waals surface area contributed by atoms with E-state index in [1.807, 2.05) is 0 Å². The van der Waals surface area contributed by atoms with Crippen LogP contribution in [0.4, 0.5) is 0 Å². The standard InChI is InChI=1S/C17H25Cl/c1-13(2)8-9-16-12-15(10-11-17(16)18)14-6-4-3-5-7-14/h3-7,13,15-17H,8-12H2,1-2H3. The lowest BCUT2D eigenvalue weighted by Gasteiger charge is -2.33. The normalized spacial score (nSPS) is 28.6. The fraction of sp³-hybridized carbons (Fsp3) is 0.647. The van der Waals surface area contributed by atoms with Crippen LogP contribution in [0.5, 0.6) is 0 Å². The van der Waals surface area contributed by atoms with Gasteiger partial charge in [0, 0.05) is 5.38 Å². The highest BCUT2D eigenvalue weighted by Gasteiger charge is 2.29. The number of hydrogen-bond acceptors (Lipinski definition) is 0. The van der Waals surface area contributed by atoms with Crippen molar-refractivity contribution in [3.8, 4) is 0 Å². The smallest absolute Gasteiger partial charge is 0.0364 e. The lowest BCUT2D eigenvalue weighted by Crippen LogP contribution is -2.24. The number of benzene rings is 1. The van der Waals surface area contributed by atoms with Crippen LogP contribution in [0.3, 0.4) is 0 Å². The molecule has 2 rings (SSSR count). The van der Waals surface area contributed by atoms with E-state index in [2.05, 4.69) is 44.2 Å². The summed E-state index contributed by atoms with van der Waals surface area (Å²) in [5.74, 6) is 2.25. The van der Waals surface area contributed by atoms with Gasteiger partial charge in [0.2, 0.25) is 0 Å². The second-order valence-corrected chi connectivity index (χ2v) is 6.73. The van der Waals surface area contributed by atoms with Gasteiger partial charge in [0.1, 0.15) is 0 Å². The molecule has 0 spiro atoms. The van der Waals surface area contributed by atoms with Gasteiger partial charge in [-0.2, -0.15) is 0 Å². The summed E-state index contributed by atoms with van der Waals surface area (Å²) in [5, 5.41) is 0.406. The van der Waals surface area contributed by atoms with Crippen molar-refractivity contribution in [2.24, 2.45) is 11.8 Å². The van der Waals surface area contributed by atoms with Crippen LogP contribution in [0, 0.1) is 11.8 Å². The van der Waals surface area contributed by atoms with E-state index in [-0.39, 0.29) is 0 Å². The summed E-state index contributed by atoms with van der Waals surface area (Å²) in [4.78, 5) is 0. The van der Waals surface area contributed by atoms with Crippen molar-refractivity contribution in [2.75, 3.05) is 0 Å². The third-order valence-corrected chi connectivity index (χ3v) is 4.85. The number of hydrogen-bond donors (Lipinski definition) is 0. The first-order valence-corrected chi connectivity index (χ1v) is 7.79. The topological polar surface area (TPSA) is 0 Å². The molecule has 3 unspecified atom stereocenters. The molecule has 0 heterocycles. The summed E-state index contributed by atoms with van der Waals surface area (Å²) in [6, 6.07) is 11.0. The summed E-state index contributed by atoms with van der Waals surface area (Å²) in [6.45, 7) is 4.61. The molecule has 3 atom stereocenters. The Labute approximate surface area is 117 Å². The molecule has 1 aromatic rings. The summed E-state index contributed by atoms with van der Waals surface area (Å²) < 4.78 is 0. The summed E-state index contributed by atoms with van der Waals surface area (Å²) in [5.41, 5.74) is 1.51. The van der Waals surface area contributed by atoms with Gasteiger partial charge >= 0.3 is 0 Å². The molecule has 1 aromatic carbocycles. The third-order valence-electron chi connectivity index (χ3n) is 4.28. The lowest BCUT2D eigenvalue weighted by atomic mass is 9.75. The van der Waals surface area contributed by atoms with Crippen LogP contribution < -0.4 is 0 Å². The predicted octanol–water partition coefficient (Wildman–Crippen LogP) is 5.61. The van der Waals surface area contributed by atoms with E-state index in [1.165, 1.54) is 37.7 Å². The average molecular weight is 265 g/mol. The van der Waals surface area contributed by atoms with Gasteiger partial charge in [0.15, 0.2) is 0 Å². The van der Waals surface area contributed by atoms with Gasteiger partial charge in [-0.25, -0.2) is 0 Å². The molecule has 0 aromatic heterocycles. The molecule has 18 heavy (non-hydrogen) atoms. The van der Waals surface area contributed by atoms with Crippen LogP contribution in [-0.2, 0) is 0 Å². The Morgan fingerprint density at radius 2 is 1.89 bits per heavy atom. The van der Waals surface area contributed by atoms with Gasteiger partial charge < -0.3 is 0 Å². The van der Waals surface area contributed by atoms with Gasteiger partial charge in [0.05, 0.1) is 0 Å². The SMILES string of the molecule is CC(C)CCC1CC(c2ccccc2)CCC1Cl. The van der Waals surface area contributed by atoms with Crippen molar-refractivity contribution in [1.29, 1.82) is 0 Å². The summed E-state index contributed by atoms with van der Waals surface area (Å²) in [6.07, 6.45) is 6.34. The van der Waals surface area contributed by atoms with E-state index in [0.717, 1.165) is 11.8 Å². The molecule has 0 amide bonds. The molecule has 1 aliphatic rings. The average Bonchev–Trinajstić information content (AvgIpc) is 2.38. The first-order chi connectivity index (χ1) is 8.66. The lowest BCUT2D eigenvalue weighted by molar-refractivity contribution is 0.295. The number of rotatable bonds is 4. The monoisotopic (exact) mass is 264 g/mol. The zero-order chi connectivity index (χ0) is 13.0. The van der Waals surface area contributed by atoms with Gasteiger partial charge in [-0.05, 0) is 49.0 Å². The molecule has 0 aliphatic heterocycles. The van der Waals surface area contributed by atoms with E-state index in [1.54, 1.807) is 0 Å². The Bertz CT molecular complexity index is 344. The van der Waals surface area contributed by atoms with E-state index in [0.29, 0.717) is 11.3 Å². The molecule has 0 bridgehead atoms. The molecular weight excluding hydrogens is 240 g/mol. The van der Waals surface area contributed by atoms with Crippen molar-refractivity contribution in [3.63, 3.8) is 0 Å². The zero-order valence-corrected chi connectivity index (χ0v) is 12.4. The zero-order valence-electron chi connectivity index (χ0n) is 11.6. The molecule has 0 N–H and O–H groups in total. The van der Waals surface area contributed by atoms with E-state index < -0.39 is 0 Å². The highest BCUT2D eigenvalue weighted by Crippen LogP contribution is 2.40. The highest BCUT2D eigenvalue weighted by molar-refractivity contribution is 6.20. The summed E-state index contributed by atoms with van der Waals surface area (Å²) in [7, 11) is 0. The van der Waals surface area contributed by atoms with Crippen LogP contribution in [0.25, 0.3) is 0 Å². The maximum atomic E-state index is 6.52. The molecule has 0 nitrogen and oxygen atoms in total. The second kappa shape index (κ2) is 6.61. The summed E-state index contributed by atoms with van der Waals surface area (Å²) >= 11 is 6.52. The molecule has 1 aliphatic carbocycles. The van der Waals surface area contributed by atoms with Crippen molar-refractivity contribution in [2.45, 2.75) is 57.2 Å². The highest BCUT2D eigenvalue weighted by atomic mass is 35.5. The van der Waals surface area contributed by atoms with Crippen molar-refractivity contribution in [3.05, 3.63) is 35.9 Å². The molecule has 1 saturated carbocycles. The molecule has 100 valence electrons. The first kappa shape index (κ1) is 13.9. The van der Waals surface area contributed by atoms with Gasteiger partial charge in [0.25, 0.3) is 0 Å². The second-order valence-electron chi connectivity index (χ2n) is 6.17. The minimum Gasteiger partial charge on any atom is -0.123 e. The Balaban J connectivity index is 1.96. The van der Waals surface area contributed by atoms with E-state index in [9.17, 15) is 0 Å². The molecular formula is C17H25Cl. The largest absolute Gasteiger partial charge is 0.123 e. The van der Waals surface area contributed by atoms with Gasteiger partial charge in [-0.15, -0.1) is 11.6 Å². The van der Waals surface area contributed by atoms with E-state index >= 15 is 0 Å². The molecule has 1 fully saturated rings. The Morgan fingerprint density at radius 1 is 1.17 bits per heavy atom. The Morgan fingerprint density at radius 3 is 2.56 bits per heavy atom. The van der Waals surface area contributed by atoms with E-state index in [4.69, 9.17) is 11.6 Å². The first-order valence-electron chi connectivity index (χ1n) is 7.36. The van der Waals surface area contributed by atoms with Crippen LogP contribution in [0.15, 0.2) is 30.3 Å². The molecule has 0 radical (unpaired) electrons. The van der Waals surface area contributed by atoms with Crippen molar-refractivity contribution in [1.82, 2.24) is 0 Å².